The van der Waals surface area contributed by atoms with Crippen molar-refractivity contribution < 1.29 is 12.8 Å². The molecule has 6 nitrogen and oxygen atoms in total. The number of hydrogen-bond acceptors (Lipinski definition) is 4. The first kappa shape index (κ1) is 17.1. The standard InChI is InChI=1S/C16H21FN4O2S/c1-12(18)13-5-4-8-20(10-13)24(22,23)14-9-19-21(11-14)16-7-3-2-6-15(16)17/h2-3,6-7,9,11-13H,4-5,8,10,18H2,1H3. The lowest BCUT2D eigenvalue weighted by atomic mass is 9.93. The predicted molar refractivity (Wildman–Crippen MR) is 88.7 cm³/mol. The highest BCUT2D eigenvalue weighted by atomic mass is 32.2. The molecule has 1 aliphatic heterocycles. The number of nitrogens with two attached hydrogens (primary N) is 1. The van der Waals surface area contributed by atoms with Crippen LogP contribution in [0.5, 0.6) is 0 Å². The Labute approximate surface area is 141 Å². The molecule has 0 saturated carbocycles. The van der Waals surface area contributed by atoms with Crippen LogP contribution in [0.1, 0.15) is 19.8 Å². The molecule has 2 unspecified atom stereocenters. The first-order valence-electron chi connectivity index (χ1n) is 7.95. The number of para-hydroxylation sites is 1. The van der Waals surface area contributed by atoms with E-state index in [1.54, 1.807) is 18.2 Å². The van der Waals surface area contributed by atoms with Crippen molar-refractivity contribution in [2.24, 2.45) is 11.7 Å². The minimum absolute atomic E-state index is 0.0517. The van der Waals surface area contributed by atoms with Crippen LogP contribution in [0.25, 0.3) is 5.69 Å². The Hall–Kier alpha value is -1.77. The maximum absolute atomic E-state index is 13.8. The second kappa shape index (κ2) is 6.62. The number of rotatable bonds is 4. The van der Waals surface area contributed by atoms with Gasteiger partial charge in [-0.1, -0.05) is 12.1 Å². The summed E-state index contributed by atoms with van der Waals surface area (Å²) in [6, 6.07) is 6.05. The smallest absolute Gasteiger partial charge is 0.246 e. The van der Waals surface area contributed by atoms with Crippen LogP contribution in [0.3, 0.4) is 0 Å². The molecular weight excluding hydrogens is 331 g/mol. The van der Waals surface area contributed by atoms with E-state index in [0.29, 0.717) is 13.1 Å². The second-order valence-electron chi connectivity index (χ2n) is 6.20. The summed E-state index contributed by atoms with van der Waals surface area (Å²) in [6.45, 7) is 2.78. The van der Waals surface area contributed by atoms with Gasteiger partial charge >= 0.3 is 0 Å². The van der Waals surface area contributed by atoms with Gasteiger partial charge in [-0.2, -0.15) is 9.40 Å². The summed E-state index contributed by atoms with van der Waals surface area (Å²) >= 11 is 0. The lowest BCUT2D eigenvalue weighted by Crippen LogP contribution is -2.44. The van der Waals surface area contributed by atoms with Crippen LogP contribution < -0.4 is 5.73 Å². The van der Waals surface area contributed by atoms with Gasteiger partial charge in [0.2, 0.25) is 10.0 Å². The molecule has 0 spiro atoms. The number of sulfonamides is 1. The summed E-state index contributed by atoms with van der Waals surface area (Å²) in [5.41, 5.74) is 6.14. The zero-order chi connectivity index (χ0) is 17.3. The molecule has 0 amide bonds. The van der Waals surface area contributed by atoms with Gasteiger partial charge in [0.05, 0.1) is 12.4 Å². The molecule has 2 N–H and O–H groups in total. The Bertz CT molecular complexity index is 819. The average Bonchev–Trinajstić information content (AvgIpc) is 3.06. The van der Waals surface area contributed by atoms with Gasteiger partial charge in [-0.15, -0.1) is 0 Å². The van der Waals surface area contributed by atoms with Crippen molar-refractivity contribution in [3.8, 4) is 5.69 Å². The summed E-state index contributed by atoms with van der Waals surface area (Å²) < 4.78 is 42.2. The maximum atomic E-state index is 13.8. The van der Waals surface area contributed by atoms with E-state index in [1.807, 2.05) is 6.92 Å². The Morgan fingerprint density at radius 2 is 2.12 bits per heavy atom. The van der Waals surface area contributed by atoms with Gasteiger partial charge in [0.15, 0.2) is 0 Å². The van der Waals surface area contributed by atoms with Crippen LogP contribution >= 0.6 is 0 Å². The maximum Gasteiger partial charge on any atom is 0.246 e. The second-order valence-corrected chi connectivity index (χ2v) is 8.13. The summed E-state index contributed by atoms with van der Waals surface area (Å²) in [5, 5.41) is 4.01. The van der Waals surface area contributed by atoms with Crippen molar-refractivity contribution >= 4 is 10.0 Å². The molecule has 2 aromatic rings. The monoisotopic (exact) mass is 352 g/mol. The van der Waals surface area contributed by atoms with Crippen LogP contribution in [-0.2, 0) is 10.0 Å². The number of piperidine rings is 1. The summed E-state index contributed by atoms with van der Waals surface area (Å²) in [4.78, 5) is 0.0658. The van der Waals surface area contributed by atoms with Crippen molar-refractivity contribution in [2.45, 2.75) is 30.7 Å². The molecule has 0 radical (unpaired) electrons. The van der Waals surface area contributed by atoms with E-state index < -0.39 is 15.8 Å². The van der Waals surface area contributed by atoms with Crippen molar-refractivity contribution in [3.05, 3.63) is 42.5 Å². The van der Waals surface area contributed by atoms with Crippen molar-refractivity contribution in [2.75, 3.05) is 13.1 Å². The minimum Gasteiger partial charge on any atom is -0.328 e. The van der Waals surface area contributed by atoms with Gasteiger partial charge in [-0.05, 0) is 37.8 Å². The molecule has 1 aliphatic rings. The molecule has 130 valence electrons. The first-order valence-corrected chi connectivity index (χ1v) is 9.39. The molecule has 1 saturated heterocycles. The van der Waals surface area contributed by atoms with Gasteiger partial charge in [0.1, 0.15) is 16.4 Å². The van der Waals surface area contributed by atoms with Crippen molar-refractivity contribution in [1.29, 1.82) is 0 Å². The van der Waals surface area contributed by atoms with E-state index in [-0.39, 0.29) is 22.5 Å². The molecule has 8 heteroatoms. The topological polar surface area (TPSA) is 81.2 Å². The zero-order valence-corrected chi connectivity index (χ0v) is 14.3. The van der Waals surface area contributed by atoms with Gasteiger partial charge in [0.25, 0.3) is 0 Å². The molecule has 2 heterocycles. The number of halogens is 1. The molecule has 2 atom stereocenters. The third-order valence-electron chi connectivity index (χ3n) is 4.46. The van der Waals surface area contributed by atoms with Gasteiger partial charge < -0.3 is 5.73 Å². The van der Waals surface area contributed by atoms with E-state index >= 15 is 0 Å². The van der Waals surface area contributed by atoms with Gasteiger partial charge in [0, 0.05) is 19.1 Å². The largest absolute Gasteiger partial charge is 0.328 e. The van der Waals surface area contributed by atoms with Crippen molar-refractivity contribution in [1.82, 2.24) is 14.1 Å². The summed E-state index contributed by atoms with van der Waals surface area (Å²) in [7, 11) is -3.66. The number of benzene rings is 1. The Morgan fingerprint density at radius 1 is 1.38 bits per heavy atom. The number of nitrogens with zero attached hydrogens (tertiary/aromatic N) is 3. The normalized spacial score (nSPS) is 20.9. The quantitative estimate of drug-likeness (QED) is 0.909. The summed E-state index contributed by atoms with van der Waals surface area (Å²) in [6.07, 6.45) is 4.32. The average molecular weight is 352 g/mol. The minimum atomic E-state index is -3.66. The van der Waals surface area contributed by atoms with Crippen LogP contribution in [0, 0.1) is 11.7 Å². The Morgan fingerprint density at radius 3 is 2.83 bits per heavy atom. The molecular formula is C16H21FN4O2S. The highest BCUT2D eigenvalue weighted by Gasteiger charge is 2.32. The molecule has 0 aliphatic carbocycles. The molecule has 1 aromatic heterocycles. The molecule has 0 bridgehead atoms. The predicted octanol–water partition coefficient (Wildman–Crippen LogP) is 1.76. The van der Waals surface area contributed by atoms with Crippen LogP contribution in [-0.4, -0.2) is 41.6 Å². The fourth-order valence-electron chi connectivity index (χ4n) is 2.98. The van der Waals surface area contributed by atoms with E-state index in [0.717, 1.165) is 12.8 Å². The third-order valence-corrected chi connectivity index (χ3v) is 6.28. The Balaban J connectivity index is 1.87. The van der Waals surface area contributed by atoms with E-state index in [2.05, 4.69) is 5.10 Å². The Kier molecular flexibility index (Phi) is 4.71. The van der Waals surface area contributed by atoms with Crippen molar-refractivity contribution in [3.63, 3.8) is 0 Å². The SMILES string of the molecule is CC(N)C1CCCN(S(=O)(=O)c2cnn(-c3ccccc3F)c2)C1. The van der Waals surface area contributed by atoms with Gasteiger partial charge in [-0.3, -0.25) is 0 Å². The number of hydrogen-bond donors (Lipinski definition) is 1. The highest BCUT2D eigenvalue weighted by molar-refractivity contribution is 7.89. The zero-order valence-electron chi connectivity index (χ0n) is 13.5. The van der Waals surface area contributed by atoms with Crippen LogP contribution in [0.4, 0.5) is 4.39 Å². The van der Waals surface area contributed by atoms with Gasteiger partial charge in [-0.25, -0.2) is 17.5 Å². The van der Waals surface area contributed by atoms with Crippen LogP contribution in [0.15, 0.2) is 41.6 Å². The lowest BCUT2D eigenvalue weighted by molar-refractivity contribution is 0.243. The molecule has 3 rings (SSSR count). The molecule has 1 fully saturated rings. The number of aromatic nitrogens is 2. The van der Waals surface area contributed by atoms with E-state index in [4.69, 9.17) is 5.73 Å². The summed E-state index contributed by atoms with van der Waals surface area (Å²) in [5.74, 6) is -0.310. The fraction of sp³-hybridized carbons (Fsp3) is 0.438. The first-order chi connectivity index (χ1) is 11.4. The highest BCUT2D eigenvalue weighted by Crippen LogP contribution is 2.25. The lowest BCUT2D eigenvalue weighted by Gasteiger charge is -2.33. The molecule has 24 heavy (non-hydrogen) atoms. The van der Waals surface area contributed by atoms with Crippen LogP contribution in [0.2, 0.25) is 0 Å². The van der Waals surface area contributed by atoms with E-state index in [1.165, 1.54) is 27.4 Å². The van der Waals surface area contributed by atoms with E-state index in [9.17, 15) is 12.8 Å². The fourth-order valence-corrected chi connectivity index (χ4v) is 4.45. The molecule has 1 aromatic carbocycles. The third kappa shape index (κ3) is 3.22.